The lowest BCUT2D eigenvalue weighted by Gasteiger charge is -2.22. The second-order valence-corrected chi connectivity index (χ2v) is 6.41. The van der Waals surface area contributed by atoms with Crippen LogP contribution in [0, 0.1) is 0 Å². The number of halogens is 3. The largest absolute Gasteiger partial charge is 0.416 e. The number of carbonyl (C=O) groups excluding carboxylic acids is 2. The number of nitrogens with zero attached hydrogens (tertiary/aromatic N) is 3. The number of hydrogen-bond acceptors (Lipinski definition) is 4. The summed E-state index contributed by atoms with van der Waals surface area (Å²) in [5, 5.41) is 9.28. The lowest BCUT2D eigenvalue weighted by Crippen LogP contribution is -2.36. The predicted octanol–water partition coefficient (Wildman–Crippen LogP) is 3.49. The van der Waals surface area contributed by atoms with Crippen molar-refractivity contribution >= 4 is 23.5 Å². The molecule has 0 saturated carbocycles. The SMILES string of the molecule is O=C1C[C@H](C(=O)Nc2cccc(C(F)(F)F)c2)n2nc(-c3ccccc3)nc2N1. The molecule has 1 aromatic heterocycles. The average Bonchev–Trinajstić information content (AvgIpc) is 3.11. The Morgan fingerprint density at radius 1 is 1.14 bits per heavy atom. The van der Waals surface area contributed by atoms with Crippen molar-refractivity contribution in [2.45, 2.75) is 18.6 Å². The van der Waals surface area contributed by atoms with Crippen molar-refractivity contribution in [1.29, 1.82) is 0 Å². The minimum Gasteiger partial charge on any atom is -0.324 e. The van der Waals surface area contributed by atoms with E-state index in [1.165, 1.54) is 16.8 Å². The Hall–Kier alpha value is -3.69. The molecule has 0 fully saturated rings. The van der Waals surface area contributed by atoms with E-state index in [-0.39, 0.29) is 18.1 Å². The molecule has 7 nitrogen and oxygen atoms in total. The normalized spacial score (nSPS) is 16.1. The van der Waals surface area contributed by atoms with Gasteiger partial charge < -0.3 is 5.32 Å². The van der Waals surface area contributed by atoms with Crippen LogP contribution in [-0.2, 0) is 15.8 Å². The van der Waals surface area contributed by atoms with E-state index in [1.54, 1.807) is 24.3 Å². The van der Waals surface area contributed by atoms with Crippen molar-refractivity contribution < 1.29 is 22.8 Å². The van der Waals surface area contributed by atoms with Gasteiger partial charge in [-0.1, -0.05) is 36.4 Å². The summed E-state index contributed by atoms with van der Waals surface area (Å²) in [4.78, 5) is 29.0. The third-order valence-electron chi connectivity index (χ3n) is 4.35. The monoisotopic (exact) mass is 401 g/mol. The van der Waals surface area contributed by atoms with Gasteiger partial charge in [-0.2, -0.15) is 18.2 Å². The van der Waals surface area contributed by atoms with Crippen molar-refractivity contribution in [2.24, 2.45) is 0 Å². The molecule has 1 aliphatic rings. The minimum atomic E-state index is -4.53. The van der Waals surface area contributed by atoms with Crippen molar-refractivity contribution in [3.63, 3.8) is 0 Å². The highest BCUT2D eigenvalue weighted by Crippen LogP contribution is 2.31. The van der Waals surface area contributed by atoms with Gasteiger partial charge in [0.2, 0.25) is 17.8 Å². The summed E-state index contributed by atoms with van der Waals surface area (Å²) >= 11 is 0. The Bertz CT molecular complexity index is 1080. The molecule has 3 aromatic rings. The Kier molecular flexibility index (Phi) is 4.53. The molecule has 148 valence electrons. The van der Waals surface area contributed by atoms with Gasteiger partial charge in [0.15, 0.2) is 5.82 Å². The number of alkyl halides is 3. The molecule has 29 heavy (non-hydrogen) atoms. The molecule has 2 heterocycles. The Morgan fingerprint density at radius 3 is 2.62 bits per heavy atom. The van der Waals surface area contributed by atoms with Crippen molar-refractivity contribution in [1.82, 2.24) is 14.8 Å². The molecule has 4 rings (SSSR count). The van der Waals surface area contributed by atoms with Crippen molar-refractivity contribution in [3.05, 3.63) is 60.2 Å². The maximum absolute atomic E-state index is 12.9. The highest BCUT2D eigenvalue weighted by Gasteiger charge is 2.34. The molecule has 0 radical (unpaired) electrons. The van der Waals surface area contributed by atoms with Gasteiger partial charge in [-0.15, -0.1) is 5.10 Å². The Labute approximate surface area is 162 Å². The number of anilines is 2. The number of carbonyl (C=O) groups is 2. The van der Waals surface area contributed by atoms with Gasteiger partial charge in [-0.25, -0.2) is 4.68 Å². The van der Waals surface area contributed by atoms with E-state index in [4.69, 9.17) is 0 Å². The first kappa shape index (κ1) is 18.7. The van der Waals surface area contributed by atoms with Crippen LogP contribution in [-0.4, -0.2) is 26.6 Å². The Balaban J connectivity index is 1.62. The van der Waals surface area contributed by atoms with Crippen LogP contribution in [0.4, 0.5) is 24.8 Å². The summed E-state index contributed by atoms with van der Waals surface area (Å²) < 4.78 is 39.9. The molecule has 1 aliphatic heterocycles. The average molecular weight is 401 g/mol. The van der Waals surface area contributed by atoms with Crippen LogP contribution in [0.2, 0.25) is 0 Å². The maximum Gasteiger partial charge on any atom is 0.416 e. The van der Waals surface area contributed by atoms with Gasteiger partial charge in [0.1, 0.15) is 6.04 Å². The molecular weight excluding hydrogens is 387 g/mol. The summed E-state index contributed by atoms with van der Waals surface area (Å²) in [5.41, 5.74) is -0.217. The number of amides is 2. The van der Waals surface area contributed by atoms with Crippen molar-refractivity contribution in [2.75, 3.05) is 10.6 Å². The number of aromatic nitrogens is 3. The molecular formula is C19H14F3N5O2. The molecule has 0 saturated heterocycles. The summed E-state index contributed by atoms with van der Waals surface area (Å²) in [7, 11) is 0. The minimum absolute atomic E-state index is 0.0271. The first-order valence-corrected chi connectivity index (χ1v) is 8.61. The fraction of sp³-hybridized carbons (Fsp3) is 0.158. The lowest BCUT2D eigenvalue weighted by atomic mass is 10.1. The molecule has 2 aromatic carbocycles. The molecule has 0 unspecified atom stereocenters. The van der Waals surface area contributed by atoms with E-state index in [2.05, 4.69) is 20.7 Å². The zero-order chi connectivity index (χ0) is 20.6. The first-order valence-electron chi connectivity index (χ1n) is 8.61. The fourth-order valence-corrected chi connectivity index (χ4v) is 2.98. The van der Waals surface area contributed by atoms with Crippen LogP contribution in [0.15, 0.2) is 54.6 Å². The second kappa shape index (κ2) is 7.04. The van der Waals surface area contributed by atoms with Crippen LogP contribution in [0.5, 0.6) is 0 Å². The van der Waals surface area contributed by atoms with E-state index in [9.17, 15) is 22.8 Å². The number of rotatable bonds is 3. The van der Waals surface area contributed by atoms with E-state index in [0.717, 1.165) is 12.1 Å². The maximum atomic E-state index is 12.9. The number of hydrogen-bond donors (Lipinski definition) is 2. The number of nitrogens with one attached hydrogen (secondary N) is 2. The standard InChI is InChI=1S/C19H14F3N5O2/c20-19(21,22)12-7-4-8-13(9-12)23-17(29)14-10-15(28)24-18-25-16(26-27(14)18)11-5-2-1-3-6-11/h1-9,14H,10H2,(H,23,29)(H,24,25,26,28)/t14-/m1/s1. The van der Waals surface area contributed by atoms with Crippen LogP contribution in [0.25, 0.3) is 11.4 Å². The fourth-order valence-electron chi connectivity index (χ4n) is 2.98. The zero-order valence-electron chi connectivity index (χ0n) is 14.8. The molecule has 0 bridgehead atoms. The van der Waals surface area contributed by atoms with Crippen LogP contribution < -0.4 is 10.6 Å². The smallest absolute Gasteiger partial charge is 0.324 e. The van der Waals surface area contributed by atoms with Crippen LogP contribution in [0.1, 0.15) is 18.0 Å². The lowest BCUT2D eigenvalue weighted by molar-refractivity contribution is -0.137. The van der Waals surface area contributed by atoms with Gasteiger partial charge >= 0.3 is 6.18 Å². The highest BCUT2D eigenvalue weighted by atomic mass is 19.4. The first-order chi connectivity index (χ1) is 13.8. The zero-order valence-corrected chi connectivity index (χ0v) is 14.8. The van der Waals surface area contributed by atoms with E-state index in [0.29, 0.717) is 11.4 Å². The summed E-state index contributed by atoms with van der Waals surface area (Å²) in [5.74, 6) is -0.678. The van der Waals surface area contributed by atoms with Crippen LogP contribution >= 0.6 is 0 Å². The summed E-state index contributed by atoms with van der Waals surface area (Å²) in [6.07, 6.45) is -4.75. The highest BCUT2D eigenvalue weighted by molar-refractivity contribution is 6.00. The van der Waals surface area contributed by atoms with Crippen molar-refractivity contribution in [3.8, 4) is 11.4 Å². The Morgan fingerprint density at radius 2 is 1.90 bits per heavy atom. The third-order valence-corrected chi connectivity index (χ3v) is 4.35. The van der Waals surface area contributed by atoms with E-state index < -0.39 is 29.6 Å². The summed E-state index contributed by atoms with van der Waals surface area (Å²) in [6.45, 7) is 0. The van der Waals surface area contributed by atoms with Gasteiger partial charge in [-0.3, -0.25) is 14.9 Å². The molecule has 1 atom stereocenters. The number of benzene rings is 2. The van der Waals surface area contributed by atoms with Gasteiger partial charge in [-0.05, 0) is 18.2 Å². The molecule has 2 N–H and O–H groups in total. The third kappa shape index (κ3) is 3.82. The van der Waals surface area contributed by atoms with Gasteiger partial charge in [0, 0.05) is 11.3 Å². The molecule has 10 heteroatoms. The number of fused-ring (bicyclic) bond motifs is 1. The van der Waals surface area contributed by atoms with E-state index >= 15 is 0 Å². The molecule has 2 amide bonds. The van der Waals surface area contributed by atoms with E-state index in [1.807, 2.05) is 6.07 Å². The quantitative estimate of drug-likeness (QED) is 0.703. The molecule has 0 aliphatic carbocycles. The summed E-state index contributed by atoms with van der Waals surface area (Å²) in [6, 6.07) is 12.2. The molecule has 0 spiro atoms. The predicted molar refractivity (Wildman–Crippen MR) is 97.8 cm³/mol. The van der Waals surface area contributed by atoms with Gasteiger partial charge in [0.25, 0.3) is 0 Å². The van der Waals surface area contributed by atoms with Gasteiger partial charge in [0.05, 0.1) is 12.0 Å². The topological polar surface area (TPSA) is 88.9 Å². The second-order valence-electron chi connectivity index (χ2n) is 6.41. The van der Waals surface area contributed by atoms with Crippen LogP contribution in [0.3, 0.4) is 0 Å².